The fourth-order valence-corrected chi connectivity index (χ4v) is 18.7. The second kappa shape index (κ2) is 28.2. The molecule has 0 amide bonds. The Kier molecular flexibility index (Phi) is 17.9. The van der Waals surface area contributed by atoms with Crippen molar-refractivity contribution in [2.45, 2.75) is 131 Å². The van der Waals surface area contributed by atoms with Gasteiger partial charge in [0.05, 0.1) is 56.7 Å². The molecule has 6 nitrogen and oxygen atoms in total. The van der Waals surface area contributed by atoms with Crippen molar-refractivity contribution in [2.24, 2.45) is 0 Å². The summed E-state index contributed by atoms with van der Waals surface area (Å²) in [5, 5.41) is 27.0. The Morgan fingerprint density at radius 1 is 0.244 bits per heavy atom. The molecule has 0 bridgehead atoms. The van der Waals surface area contributed by atoms with Crippen LogP contribution in [-0.4, -0.2) is 15.8 Å². The van der Waals surface area contributed by atoms with Crippen molar-refractivity contribution in [2.75, 3.05) is 9.80 Å². The van der Waals surface area contributed by atoms with Crippen molar-refractivity contribution < 1.29 is 0 Å². The largest absolute Gasteiger partial charge is 0.310 e. The standard InChI is InChI=1S/C112H97BN6/c1-108(2,3)80-46-38-72(39-47-80)78-60-91(74-42-50-82(51-43-74)110(7,8)9)106(93(62-78)76-28-24-26-70(58-76)68-114)118-101-66-85(116-97-34-20-16-30-87(97)88-31-17-21-35-98(88)116)54-56-95(101)113-96-57-55-86(117-99-36-22-18-32-89(99)90-33-19-23-37-100(90)117)67-102(96)119(104-65-84(112(13,14)15)64-103(118)105(104)113)107-92(75-44-52-83(53-45-75)111(10,11)12)61-79(73-40-48-81(49-41-73)109(4,5)6)63-94(107)77-29-25-27-71(59-77)69-115/h16-67H,1-15H3. The maximum Gasteiger partial charge on any atom is 0.252 e. The summed E-state index contributed by atoms with van der Waals surface area (Å²) in [4.78, 5) is 5.32. The SMILES string of the molecule is CC(C)(C)c1ccc(-c2cc(-c3ccc(C(C)(C)C)cc3)c(N3c4cc(-n5c6ccccc6c6ccccc65)ccc4B4c5ccc(-n6c7ccccc7c7ccccc76)cc5N(c5c(-c6ccc(C(C)(C)C)cc6)cc(-c6ccc(C(C)(C)C)cc6)cc5-c5cccc(C#N)c5)c5cc(C(C)(C)C)cc3c54)c(-c3cccc(C#N)c3)c2)cc1. The van der Waals surface area contributed by atoms with Gasteiger partial charge in [0.1, 0.15) is 0 Å². The van der Waals surface area contributed by atoms with E-state index in [9.17, 15) is 10.5 Å². The number of para-hydroxylation sites is 4. The Hall–Kier alpha value is -13.5. The molecule has 17 aromatic rings. The number of hydrogen-bond donors (Lipinski definition) is 0. The average molecular weight is 1540 g/mol. The van der Waals surface area contributed by atoms with Gasteiger partial charge < -0.3 is 18.9 Å². The van der Waals surface area contributed by atoms with Gasteiger partial charge in [0.15, 0.2) is 0 Å². The molecule has 15 aromatic carbocycles. The van der Waals surface area contributed by atoms with Gasteiger partial charge >= 0.3 is 0 Å². The Morgan fingerprint density at radius 2 is 0.538 bits per heavy atom. The highest BCUT2D eigenvalue weighted by Gasteiger charge is 2.47. The number of benzene rings is 15. The summed E-state index contributed by atoms with van der Waals surface area (Å²) < 4.78 is 4.94. The summed E-state index contributed by atoms with van der Waals surface area (Å²) in [6.45, 7) is 34.2. The summed E-state index contributed by atoms with van der Waals surface area (Å²) in [5.41, 5.74) is 34.8. The molecule has 4 heterocycles. The first-order valence-corrected chi connectivity index (χ1v) is 41.9. The first kappa shape index (κ1) is 75.6. The van der Waals surface area contributed by atoms with E-state index in [1.807, 2.05) is 12.1 Å². The lowest BCUT2D eigenvalue weighted by Gasteiger charge is -2.46. The first-order chi connectivity index (χ1) is 57.1. The first-order valence-electron chi connectivity index (χ1n) is 41.9. The van der Waals surface area contributed by atoms with Gasteiger partial charge in [0.25, 0.3) is 6.71 Å². The van der Waals surface area contributed by atoms with Crippen LogP contribution in [0.2, 0.25) is 0 Å². The number of hydrogen-bond acceptors (Lipinski definition) is 4. The third-order valence-corrected chi connectivity index (χ3v) is 25.1. The van der Waals surface area contributed by atoms with Crippen LogP contribution < -0.4 is 26.2 Å². The minimum Gasteiger partial charge on any atom is -0.310 e. The molecular formula is C112H97BN6. The van der Waals surface area contributed by atoms with Crippen LogP contribution >= 0.6 is 0 Å². The fourth-order valence-electron chi connectivity index (χ4n) is 18.7. The van der Waals surface area contributed by atoms with Gasteiger partial charge in [-0.3, -0.25) is 0 Å². The second-order valence-electron chi connectivity index (χ2n) is 38.0. The Morgan fingerprint density at radius 3 is 0.840 bits per heavy atom. The molecule has 2 aromatic heterocycles. The predicted octanol–water partition coefficient (Wildman–Crippen LogP) is 28.2. The van der Waals surface area contributed by atoms with Crippen LogP contribution in [0.25, 0.3) is 122 Å². The molecule has 0 unspecified atom stereocenters. The van der Waals surface area contributed by atoms with Crippen LogP contribution in [0.1, 0.15) is 143 Å². The van der Waals surface area contributed by atoms with Crippen LogP contribution in [0, 0.1) is 22.7 Å². The van der Waals surface area contributed by atoms with E-state index in [0.29, 0.717) is 11.1 Å². The number of anilines is 6. The zero-order valence-electron chi connectivity index (χ0n) is 70.8. The zero-order valence-corrected chi connectivity index (χ0v) is 70.8. The summed E-state index contributed by atoms with van der Waals surface area (Å²) >= 11 is 0. The molecule has 0 fully saturated rings. The van der Waals surface area contributed by atoms with E-state index in [1.165, 1.54) is 43.8 Å². The third-order valence-electron chi connectivity index (χ3n) is 25.1. The van der Waals surface area contributed by atoms with Gasteiger partial charge in [-0.1, -0.05) is 310 Å². The molecule has 7 heteroatoms. The lowest BCUT2D eigenvalue weighted by molar-refractivity contribution is 0.590. The van der Waals surface area contributed by atoms with Crippen molar-refractivity contribution in [3.05, 3.63) is 354 Å². The van der Waals surface area contributed by atoms with Crippen LogP contribution in [-0.2, 0) is 27.1 Å². The Labute approximate surface area is 701 Å². The highest BCUT2D eigenvalue weighted by Crippen LogP contribution is 2.57. The number of fused-ring (bicyclic) bond motifs is 10. The van der Waals surface area contributed by atoms with Crippen molar-refractivity contribution in [1.82, 2.24) is 9.13 Å². The highest BCUT2D eigenvalue weighted by molar-refractivity contribution is 7.00. The maximum absolute atomic E-state index is 11.2. The van der Waals surface area contributed by atoms with E-state index in [0.717, 1.165) is 156 Å². The Bertz CT molecular complexity index is 6540. The van der Waals surface area contributed by atoms with Crippen molar-refractivity contribution in [1.29, 1.82) is 10.5 Å². The van der Waals surface area contributed by atoms with Gasteiger partial charge in [-0.15, -0.1) is 0 Å². The van der Waals surface area contributed by atoms with Crippen LogP contribution in [0.4, 0.5) is 34.1 Å². The maximum atomic E-state index is 11.2. The van der Waals surface area contributed by atoms with Crippen LogP contribution in [0.15, 0.2) is 315 Å². The molecule has 0 atom stereocenters. The van der Waals surface area contributed by atoms with Crippen molar-refractivity contribution in [3.63, 3.8) is 0 Å². The molecule has 0 N–H and O–H groups in total. The Balaban J connectivity index is 1.01. The lowest BCUT2D eigenvalue weighted by atomic mass is 9.33. The normalized spacial score (nSPS) is 12.9. The average Bonchev–Trinajstić information content (AvgIpc) is 0.868. The van der Waals surface area contributed by atoms with Gasteiger partial charge in [0, 0.05) is 77.9 Å². The minimum atomic E-state index is -0.453. The number of nitrogens with zero attached hydrogens (tertiary/aromatic N) is 6. The summed E-state index contributed by atoms with van der Waals surface area (Å²) in [7, 11) is 0. The second-order valence-corrected chi connectivity index (χ2v) is 38.0. The van der Waals surface area contributed by atoms with Gasteiger partial charge in [-0.2, -0.15) is 10.5 Å². The van der Waals surface area contributed by atoms with Gasteiger partial charge in [-0.25, -0.2) is 0 Å². The summed E-state index contributed by atoms with van der Waals surface area (Å²) in [5.74, 6) is 0. The third kappa shape index (κ3) is 13.0. The van der Waals surface area contributed by atoms with Crippen molar-refractivity contribution >= 4 is 101 Å². The van der Waals surface area contributed by atoms with E-state index in [2.05, 4.69) is 438 Å². The molecule has 578 valence electrons. The number of aromatic nitrogens is 2. The van der Waals surface area contributed by atoms with E-state index >= 15 is 0 Å². The van der Waals surface area contributed by atoms with Gasteiger partial charge in [-0.05, 0) is 225 Å². The summed E-state index contributed by atoms with van der Waals surface area (Å²) in [6, 6.07) is 124. The van der Waals surface area contributed by atoms with E-state index in [-0.39, 0.29) is 28.4 Å². The predicted molar refractivity (Wildman–Crippen MR) is 505 cm³/mol. The summed E-state index contributed by atoms with van der Waals surface area (Å²) in [6.07, 6.45) is 0. The minimum absolute atomic E-state index is 0.0695. The van der Waals surface area contributed by atoms with Gasteiger partial charge in [0.2, 0.25) is 0 Å². The van der Waals surface area contributed by atoms with Crippen LogP contribution in [0.3, 0.4) is 0 Å². The molecule has 2 aliphatic rings. The number of nitriles is 2. The zero-order chi connectivity index (χ0) is 82.5. The van der Waals surface area contributed by atoms with E-state index < -0.39 is 5.41 Å². The molecule has 0 saturated carbocycles. The molecule has 0 saturated heterocycles. The molecule has 119 heavy (non-hydrogen) atoms. The topological polar surface area (TPSA) is 63.9 Å². The number of rotatable bonds is 10. The lowest BCUT2D eigenvalue weighted by Crippen LogP contribution is -2.61. The molecule has 0 radical (unpaired) electrons. The fraction of sp³-hybridized carbons (Fsp3) is 0.179. The molecule has 0 aliphatic carbocycles. The molecular weight excluding hydrogens is 1440 g/mol. The highest BCUT2D eigenvalue weighted by atomic mass is 15.2. The quantitative estimate of drug-likeness (QED) is 0.128. The molecule has 2 aliphatic heterocycles. The molecule has 0 spiro atoms. The molecule has 19 rings (SSSR count). The van der Waals surface area contributed by atoms with E-state index in [1.54, 1.807) is 0 Å². The van der Waals surface area contributed by atoms with Crippen LogP contribution in [0.5, 0.6) is 0 Å². The van der Waals surface area contributed by atoms with Crippen molar-refractivity contribution in [3.8, 4) is 90.3 Å². The smallest absolute Gasteiger partial charge is 0.252 e. The van der Waals surface area contributed by atoms with E-state index in [4.69, 9.17) is 0 Å². The monoisotopic (exact) mass is 1540 g/mol.